The van der Waals surface area contributed by atoms with Crippen LogP contribution in [0.1, 0.15) is 16.8 Å². The SMILES string of the molecule is Cc1cc(Br)c2cc(OCc3ccccc3)c(C)nc2c1. The molecule has 2 nitrogen and oxygen atoms in total. The van der Waals surface area contributed by atoms with E-state index in [2.05, 4.69) is 58.2 Å². The van der Waals surface area contributed by atoms with Gasteiger partial charge in [-0.25, -0.2) is 4.98 Å². The second-order valence-electron chi connectivity index (χ2n) is 5.16. The summed E-state index contributed by atoms with van der Waals surface area (Å²) in [7, 11) is 0. The first-order chi connectivity index (χ1) is 10.1. The van der Waals surface area contributed by atoms with Crippen LogP contribution in [0, 0.1) is 13.8 Å². The van der Waals surface area contributed by atoms with E-state index in [-0.39, 0.29) is 0 Å². The summed E-state index contributed by atoms with van der Waals surface area (Å²) in [6.07, 6.45) is 0. The van der Waals surface area contributed by atoms with E-state index in [0.717, 1.165) is 32.4 Å². The van der Waals surface area contributed by atoms with E-state index in [1.165, 1.54) is 5.56 Å². The van der Waals surface area contributed by atoms with Gasteiger partial charge in [-0.05, 0) is 43.2 Å². The molecule has 0 aliphatic carbocycles. The Morgan fingerprint density at radius 2 is 1.81 bits per heavy atom. The van der Waals surface area contributed by atoms with E-state index in [1.807, 2.05) is 25.1 Å². The second kappa shape index (κ2) is 5.86. The van der Waals surface area contributed by atoms with Gasteiger partial charge in [0.1, 0.15) is 12.4 Å². The first-order valence-electron chi connectivity index (χ1n) is 6.88. The van der Waals surface area contributed by atoms with Crippen molar-refractivity contribution in [3.8, 4) is 5.75 Å². The predicted octanol–water partition coefficient (Wildman–Crippen LogP) is 5.19. The fraction of sp³-hybridized carbons (Fsp3) is 0.167. The Morgan fingerprint density at radius 3 is 2.57 bits per heavy atom. The lowest BCUT2D eigenvalue weighted by atomic mass is 10.1. The van der Waals surface area contributed by atoms with Crippen LogP contribution in [0.5, 0.6) is 5.75 Å². The minimum Gasteiger partial charge on any atom is -0.487 e. The van der Waals surface area contributed by atoms with Crippen molar-refractivity contribution in [2.24, 2.45) is 0 Å². The number of ether oxygens (including phenoxy) is 1. The van der Waals surface area contributed by atoms with Gasteiger partial charge < -0.3 is 4.74 Å². The summed E-state index contributed by atoms with van der Waals surface area (Å²) in [6, 6.07) is 16.4. The van der Waals surface area contributed by atoms with Crippen molar-refractivity contribution in [3.05, 3.63) is 69.8 Å². The molecule has 0 amide bonds. The number of rotatable bonds is 3. The topological polar surface area (TPSA) is 22.1 Å². The molecule has 0 unspecified atom stereocenters. The molecule has 0 saturated carbocycles. The summed E-state index contributed by atoms with van der Waals surface area (Å²) in [5.74, 6) is 0.830. The molecule has 0 N–H and O–H groups in total. The number of nitrogens with zero attached hydrogens (tertiary/aromatic N) is 1. The second-order valence-corrected chi connectivity index (χ2v) is 6.01. The number of pyridine rings is 1. The highest BCUT2D eigenvalue weighted by Gasteiger charge is 2.08. The molecular weight excluding hydrogens is 326 g/mol. The number of aryl methyl sites for hydroxylation is 2. The van der Waals surface area contributed by atoms with Gasteiger partial charge in [-0.3, -0.25) is 0 Å². The molecule has 1 heterocycles. The van der Waals surface area contributed by atoms with Gasteiger partial charge >= 0.3 is 0 Å². The number of benzene rings is 2. The molecule has 0 spiro atoms. The molecule has 0 atom stereocenters. The third kappa shape index (κ3) is 3.08. The highest BCUT2D eigenvalue weighted by Crippen LogP contribution is 2.30. The normalized spacial score (nSPS) is 10.8. The van der Waals surface area contributed by atoms with Crippen molar-refractivity contribution in [1.82, 2.24) is 4.98 Å². The number of aromatic nitrogens is 1. The van der Waals surface area contributed by atoms with Crippen LogP contribution >= 0.6 is 15.9 Å². The Morgan fingerprint density at radius 1 is 1.05 bits per heavy atom. The van der Waals surface area contributed by atoms with Gasteiger partial charge in [0.2, 0.25) is 0 Å². The molecular formula is C18H16BrNO. The average molecular weight is 342 g/mol. The lowest BCUT2D eigenvalue weighted by Crippen LogP contribution is -1.98. The predicted molar refractivity (Wildman–Crippen MR) is 89.7 cm³/mol. The van der Waals surface area contributed by atoms with Gasteiger partial charge in [0.25, 0.3) is 0 Å². The molecule has 1 aromatic heterocycles. The highest BCUT2D eigenvalue weighted by molar-refractivity contribution is 9.10. The number of hydrogen-bond donors (Lipinski definition) is 0. The molecule has 0 saturated heterocycles. The minimum absolute atomic E-state index is 0.554. The number of halogens is 1. The van der Waals surface area contributed by atoms with Crippen molar-refractivity contribution in [1.29, 1.82) is 0 Å². The quantitative estimate of drug-likeness (QED) is 0.653. The molecule has 106 valence electrons. The van der Waals surface area contributed by atoms with Gasteiger partial charge in [-0.2, -0.15) is 0 Å². The number of hydrogen-bond acceptors (Lipinski definition) is 2. The largest absolute Gasteiger partial charge is 0.487 e. The van der Waals surface area contributed by atoms with Crippen molar-refractivity contribution < 1.29 is 4.74 Å². The zero-order valence-corrected chi connectivity index (χ0v) is 13.6. The van der Waals surface area contributed by atoms with Crippen molar-refractivity contribution in [3.63, 3.8) is 0 Å². The molecule has 0 fully saturated rings. The van der Waals surface area contributed by atoms with E-state index >= 15 is 0 Å². The summed E-state index contributed by atoms with van der Waals surface area (Å²) < 4.78 is 6.98. The molecule has 0 aliphatic rings. The van der Waals surface area contributed by atoms with Gasteiger partial charge in [0, 0.05) is 9.86 Å². The van der Waals surface area contributed by atoms with E-state index in [4.69, 9.17) is 4.74 Å². The Balaban J connectivity index is 1.94. The summed E-state index contributed by atoms with van der Waals surface area (Å²) >= 11 is 3.61. The van der Waals surface area contributed by atoms with Crippen LogP contribution < -0.4 is 4.74 Å². The Kier molecular flexibility index (Phi) is 3.93. The molecule has 0 aliphatic heterocycles. The maximum absolute atomic E-state index is 5.93. The summed E-state index contributed by atoms with van der Waals surface area (Å²) in [4.78, 5) is 4.65. The van der Waals surface area contributed by atoms with Gasteiger partial charge in [0.05, 0.1) is 11.2 Å². The first kappa shape index (κ1) is 14.1. The maximum Gasteiger partial charge on any atom is 0.141 e. The van der Waals surface area contributed by atoms with E-state index < -0.39 is 0 Å². The third-order valence-electron chi connectivity index (χ3n) is 3.41. The third-order valence-corrected chi connectivity index (χ3v) is 4.07. The fourth-order valence-corrected chi connectivity index (χ4v) is 3.00. The zero-order chi connectivity index (χ0) is 14.8. The van der Waals surface area contributed by atoms with E-state index in [1.54, 1.807) is 0 Å². The Labute approximate surface area is 132 Å². The van der Waals surface area contributed by atoms with Crippen LogP contribution in [0.4, 0.5) is 0 Å². The average Bonchev–Trinajstić information content (AvgIpc) is 2.46. The summed E-state index contributed by atoms with van der Waals surface area (Å²) in [6.45, 7) is 4.61. The van der Waals surface area contributed by atoms with Crippen LogP contribution in [0.15, 0.2) is 53.0 Å². The molecule has 2 aromatic carbocycles. The van der Waals surface area contributed by atoms with Crippen LogP contribution in [0.25, 0.3) is 10.9 Å². The molecule has 0 radical (unpaired) electrons. The van der Waals surface area contributed by atoms with Crippen LogP contribution in [-0.2, 0) is 6.61 Å². The molecule has 3 aromatic rings. The first-order valence-corrected chi connectivity index (χ1v) is 7.67. The highest BCUT2D eigenvalue weighted by atomic mass is 79.9. The van der Waals surface area contributed by atoms with E-state index in [0.29, 0.717) is 6.61 Å². The minimum atomic E-state index is 0.554. The smallest absolute Gasteiger partial charge is 0.141 e. The Hall–Kier alpha value is -1.87. The molecule has 3 heteroatoms. The number of fused-ring (bicyclic) bond motifs is 1. The monoisotopic (exact) mass is 341 g/mol. The Bertz CT molecular complexity index is 784. The van der Waals surface area contributed by atoms with Crippen LogP contribution in [0.3, 0.4) is 0 Å². The van der Waals surface area contributed by atoms with Gasteiger partial charge in [0.15, 0.2) is 0 Å². The summed E-state index contributed by atoms with van der Waals surface area (Å²) in [5.41, 5.74) is 4.25. The molecule has 21 heavy (non-hydrogen) atoms. The molecule has 0 bridgehead atoms. The van der Waals surface area contributed by atoms with E-state index in [9.17, 15) is 0 Å². The van der Waals surface area contributed by atoms with Gasteiger partial charge in [-0.15, -0.1) is 0 Å². The fourth-order valence-electron chi connectivity index (χ4n) is 2.32. The lowest BCUT2D eigenvalue weighted by Gasteiger charge is -2.11. The van der Waals surface area contributed by atoms with Crippen molar-refractivity contribution in [2.45, 2.75) is 20.5 Å². The zero-order valence-electron chi connectivity index (χ0n) is 12.1. The van der Waals surface area contributed by atoms with Gasteiger partial charge in [-0.1, -0.05) is 46.3 Å². The summed E-state index contributed by atoms with van der Waals surface area (Å²) in [5, 5.41) is 1.08. The van der Waals surface area contributed by atoms with Crippen molar-refractivity contribution >= 4 is 26.8 Å². The van der Waals surface area contributed by atoms with Crippen LogP contribution in [-0.4, -0.2) is 4.98 Å². The lowest BCUT2D eigenvalue weighted by molar-refractivity contribution is 0.303. The standard InChI is InChI=1S/C18H16BrNO/c1-12-8-16(19)15-10-18(13(2)20-17(15)9-12)21-11-14-6-4-3-5-7-14/h3-10H,11H2,1-2H3. The van der Waals surface area contributed by atoms with Crippen LogP contribution in [0.2, 0.25) is 0 Å². The maximum atomic E-state index is 5.93. The molecule has 3 rings (SSSR count). The van der Waals surface area contributed by atoms with Crippen molar-refractivity contribution in [2.75, 3.05) is 0 Å².